The molecule has 0 saturated carbocycles. The van der Waals surface area contributed by atoms with E-state index in [-0.39, 0.29) is 5.41 Å². The molecule has 3 heteroatoms. The fourth-order valence-corrected chi connectivity index (χ4v) is 2.97. The van der Waals surface area contributed by atoms with Gasteiger partial charge >= 0.3 is 0 Å². The summed E-state index contributed by atoms with van der Waals surface area (Å²) < 4.78 is 2.30. The lowest BCUT2D eigenvalue weighted by Crippen LogP contribution is -2.21. The van der Waals surface area contributed by atoms with E-state index in [4.69, 9.17) is 11.6 Å². The Bertz CT molecular complexity index is 557. The van der Waals surface area contributed by atoms with Gasteiger partial charge in [0, 0.05) is 6.54 Å². The monoisotopic (exact) mass is 292 g/mol. The summed E-state index contributed by atoms with van der Waals surface area (Å²) in [5.74, 6) is 1.45. The summed E-state index contributed by atoms with van der Waals surface area (Å²) in [5.41, 5.74) is 2.53. The number of para-hydroxylation sites is 2. The molecule has 0 unspecified atom stereocenters. The van der Waals surface area contributed by atoms with Crippen molar-refractivity contribution in [2.45, 2.75) is 58.9 Å². The van der Waals surface area contributed by atoms with Gasteiger partial charge in [-0.15, -0.1) is 11.6 Å². The van der Waals surface area contributed by atoms with E-state index in [9.17, 15) is 0 Å². The third-order valence-corrected chi connectivity index (χ3v) is 4.14. The van der Waals surface area contributed by atoms with E-state index >= 15 is 0 Å². The second kappa shape index (κ2) is 6.62. The molecule has 1 heterocycles. The fourth-order valence-electron chi connectivity index (χ4n) is 2.76. The first-order valence-electron chi connectivity index (χ1n) is 7.57. The van der Waals surface area contributed by atoms with Gasteiger partial charge in [-0.2, -0.15) is 0 Å². The number of nitrogens with zero attached hydrogens (tertiary/aromatic N) is 2. The standard InChI is InChI=1S/C17H25ClN2/c1-4-5-8-11-17(2,3)13-20-15-10-7-6-9-14(15)19-16(20)12-18/h6-7,9-10H,4-5,8,11-13H2,1-3H3. The van der Waals surface area contributed by atoms with Crippen LogP contribution in [0.2, 0.25) is 0 Å². The summed E-state index contributed by atoms with van der Waals surface area (Å²) in [6.07, 6.45) is 5.13. The Morgan fingerprint density at radius 1 is 1.20 bits per heavy atom. The van der Waals surface area contributed by atoms with Crippen molar-refractivity contribution >= 4 is 22.6 Å². The van der Waals surface area contributed by atoms with Gasteiger partial charge < -0.3 is 4.57 Å². The molecule has 1 aromatic carbocycles. The largest absolute Gasteiger partial charge is 0.326 e. The number of alkyl halides is 1. The Kier molecular flexibility index (Phi) is 5.09. The quantitative estimate of drug-likeness (QED) is 0.495. The van der Waals surface area contributed by atoms with Crippen molar-refractivity contribution in [2.75, 3.05) is 0 Å². The second-order valence-corrected chi connectivity index (χ2v) is 6.63. The molecule has 0 aliphatic rings. The van der Waals surface area contributed by atoms with Crippen LogP contribution in [0.15, 0.2) is 24.3 Å². The second-order valence-electron chi connectivity index (χ2n) is 6.36. The molecule has 0 amide bonds. The number of hydrogen-bond donors (Lipinski definition) is 0. The maximum absolute atomic E-state index is 6.08. The van der Waals surface area contributed by atoms with Gasteiger partial charge in [0.15, 0.2) is 0 Å². The van der Waals surface area contributed by atoms with Crippen LogP contribution in [0.4, 0.5) is 0 Å². The lowest BCUT2D eigenvalue weighted by atomic mass is 9.86. The topological polar surface area (TPSA) is 17.8 Å². The fraction of sp³-hybridized carbons (Fsp3) is 0.588. The predicted molar refractivity (Wildman–Crippen MR) is 87.2 cm³/mol. The summed E-state index contributed by atoms with van der Waals surface area (Å²) >= 11 is 6.08. The maximum Gasteiger partial charge on any atom is 0.124 e. The van der Waals surface area contributed by atoms with E-state index in [1.807, 2.05) is 6.07 Å². The number of imidazole rings is 1. The molecular formula is C17H25ClN2. The lowest BCUT2D eigenvalue weighted by Gasteiger charge is -2.26. The van der Waals surface area contributed by atoms with Crippen molar-refractivity contribution in [3.63, 3.8) is 0 Å². The van der Waals surface area contributed by atoms with Gasteiger partial charge in [-0.1, -0.05) is 52.2 Å². The van der Waals surface area contributed by atoms with Gasteiger partial charge in [-0.05, 0) is 24.0 Å². The van der Waals surface area contributed by atoms with Gasteiger partial charge in [0.25, 0.3) is 0 Å². The molecule has 0 N–H and O–H groups in total. The van der Waals surface area contributed by atoms with Crippen molar-refractivity contribution in [3.05, 3.63) is 30.1 Å². The molecule has 0 aliphatic carbocycles. The van der Waals surface area contributed by atoms with Crippen molar-refractivity contribution < 1.29 is 0 Å². The average Bonchev–Trinajstić information content (AvgIpc) is 2.77. The summed E-state index contributed by atoms with van der Waals surface area (Å²) in [4.78, 5) is 4.64. The summed E-state index contributed by atoms with van der Waals surface area (Å²) in [6.45, 7) is 7.92. The lowest BCUT2D eigenvalue weighted by molar-refractivity contribution is 0.272. The smallest absolute Gasteiger partial charge is 0.124 e. The molecule has 0 atom stereocenters. The zero-order valence-corrected chi connectivity index (χ0v) is 13.6. The van der Waals surface area contributed by atoms with Crippen molar-refractivity contribution in [3.8, 4) is 0 Å². The normalized spacial score (nSPS) is 12.2. The van der Waals surface area contributed by atoms with E-state index in [1.165, 1.54) is 31.2 Å². The van der Waals surface area contributed by atoms with Crippen LogP contribution in [0.3, 0.4) is 0 Å². The third kappa shape index (κ3) is 3.54. The molecule has 2 rings (SSSR count). The van der Waals surface area contributed by atoms with Crippen LogP contribution in [0.1, 0.15) is 52.3 Å². The minimum Gasteiger partial charge on any atom is -0.326 e. The number of fused-ring (bicyclic) bond motifs is 1. The number of rotatable bonds is 7. The van der Waals surface area contributed by atoms with Crippen LogP contribution in [0, 0.1) is 5.41 Å². The number of aromatic nitrogens is 2. The molecule has 0 spiro atoms. The molecule has 2 aromatic rings. The first-order chi connectivity index (χ1) is 9.57. The molecule has 0 aliphatic heterocycles. The molecule has 20 heavy (non-hydrogen) atoms. The van der Waals surface area contributed by atoms with Gasteiger partial charge in [0.05, 0.1) is 16.9 Å². The molecule has 110 valence electrons. The van der Waals surface area contributed by atoms with Crippen LogP contribution in [-0.4, -0.2) is 9.55 Å². The Morgan fingerprint density at radius 2 is 1.95 bits per heavy atom. The van der Waals surface area contributed by atoms with Crippen molar-refractivity contribution in [2.24, 2.45) is 5.41 Å². The SMILES string of the molecule is CCCCCC(C)(C)Cn1c(CCl)nc2ccccc21. The predicted octanol–water partition coefficient (Wildman–Crippen LogP) is 5.38. The summed E-state index contributed by atoms with van der Waals surface area (Å²) in [6, 6.07) is 8.30. The van der Waals surface area contributed by atoms with Crippen LogP contribution in [0.25, 0.3) is 11.0 Å². The molecule has 1 aromatic heterocycles. The number of halogens is 1. The highest BCUT2D eigenvalue weighted by atomic mass is 35.5. The average molecular weight is 293 g/mol. The minimum atomic E-state index is 0.277. The Balaban J connectivity index is 2.23. The number of unbranched alkanes of at least 4 members (excludes halogenated alkanes) is 2. The van der Waals surface area contributed by atoms with Crippen molar-refractivity contribution in [1.29, 1.82) is 0 Å². The molecule has 0 bridgehead atoms. The van der Waals surface area contributed by atoms with E-state index in [2.05, 4.69) is 48.5 Å². The minimum absolute atomic E-state index is 0.277. The first-order valence-corrected chi connectivity index (χ1v) is 8.11. The van der Waals surface area contributed by atoms with E-state index in [1.54, 1.807) is 0 Å². The van der Waals surface area contributed by atoms with Crippen LogP contribution in [0.5, 0.6) is 0 Å². The molecule has 2 nitrogen and oxygen atoms in total. The molecule has 0 fully saturated rings. The Morgan fingerprint density at radius 3 is 2.65 bits per heavy atom. The summed E-state index contributed by atoms with van der Waals surface area (Å²) in [7, 11) is 0. The highest BCUT2D eigenvalue weighted by Crippen LogP contribution is 2.29. The highest BCUT2D eigenvalue weighted by molar-refractivity contribution is 6.16. The van der Waals surface area contributed by atoms with Gasteiger partial charge in [-0.25, -0.2) is 4.98 Å². The van der Waals surface area contributed by atoms with Gasteiger partial charge in [0.1, 0.15) is 5.82 Å². The van der Waals surface area contributed by atoms with E-state index in [0.717, 1.165) is 17.9 Å². The molecule has 0 saturated heterocycles. The van der Waals surface area contributed by atoms with Crippen LogP contribution < -0.4 is 0 Å². The van der Waals surface area contributed by atoms with Crippen molar-refractivity contribution in [1.82, 2.24) is 9.55 Å². The van der Waals surface area contributed by atoms with Crippen LogP contribution in [-0.2, 0) is 12.4 Å². The summed E-state index contributed by atoms with van der Waals surface area (Å²) in [5, 5.41) is 0. The number of benzene rings is 1. The molecule has 0 radical (unpaired) electrons. The van der Waals surface area contributed by atoms with E-state index < -0.39 is 0 Å². The van der Waals surface area contributed by atoms with Gasteiger partial charge in [0.2, 0.25) is 0 Å². The zero-order chi connectivity index (χ0) is 14.6. The third-order valence-electron chi connectivity index (χ3n) is 3.90. The Labute approximate surface area is 127 Å². The van der Waals surface area contributed by atoms with E-state index in [0.29, 0.717) is 5.88 Å². The first kappa shape index (κ1) is 15.4. The maximum atomic E-state index is 6.08. The highest BCUT2D eigenvalue weighted by Gasteiger charge is 2.21. The molecular weight excluding hydrogens is 268 g/mol. The number of hydrogen-bond acceptors (Lipinski definition) is 1. The zero-order valence-electron chi connectivity index (χ0n) is 12.8. The van der Waals surface area contributed by atoms with Gasteiger partial charge in [-0.3, -0.25) is 0 Å². The van der Waals surface area contributed by atoms with Crippen LogP contribution >= 0.6 is 11.6 Å². The Hall–Kier alpha value is -1.02.